The third-order valence-electron chi connectivity index (χ3n) is 8.89. The molecule has 2 aliphatic rings. The zero-order chi connectivity index (χ0) is 24.0. The molecule has 0 atom stereocenters. The van der Waals surface area contributed by atoms with Crippen molar-refractivity contribution in [2.45, 2.75) is 115 Å². The fourth-order valence-corrected chi connectivity index (χ4v) is 6.72. The van der Waals surface area contributed by atoms with Gasteiger partial charge in [0.05, 0.1) is 0 Å². The van der Waals surface area contributed by atoms with Gasteiger partial charge in [-0.2, -0.15) is 0 Å². The lowest BCUT2D eigenvalue weighted by molar-refractivity contribution is 0.308. The molecule has 0 bridgehead atoms. The summed E-state index contributed by atoms with van der Waals surface area (Å²) in [5, 5.41) is 0. The quantitative estimate of drug-likeness (QED) is 0.320. The van der Waals surface area contributed by atoms with Crippen LogP contribution in [-0.2, 0) is 12.8 Å². The molecular weight excluding hydrogens is 424 g/mol. The Kier molecular flexibility index (Phi) is 8.12. The number of rotatable bonds is 8. The minimum atomic E-state index is 0.609. The van der Waals surface area contributed by atoms with E-state index in [9.17, 15) is 0 Å². The van der Waals surface area contributed by atoms with E-state index in [0.717, 1.165) is 11.8 Å². The van der Waals surface area contributed by atoms with E-state index in [-0.39, 0.29) is 0 Å². The molecule has 1 aromatic heterocycles. The average molecular weight is 469 g/mol. The Morgan fingerprint density at radius 2 is 0.829 bits per heavy atom. The summed E-state index contributed by atoms with van der Waals surface area (Å²) in [5.41, 5.74) is 6.04. The van der Waals surface area contributed by atoms with Gasteiger partial charge in [0.2, 0.25) is 0 Å². The van der Waals surface area contributed by atoms with Crippen molar-refractivity contribution in [1.29, 1.82) is 0 Å². The first-order chi connectivity index (χ1) is 17.2. The van der Waals surface area contributed by atoms with E-state index in [2.05, 4.69) is 74.5 Å². The third-order valence-corrected chi connectivity index (χ3v) is 8.89. The highest BCUT2D eigenvalue weighted by atomic mass is 16.3. The van der Waals surface area contributed by atoms with Crippen molar-refractivity contribution < 1.29 is 4.42 Å². The van der Waals surface area contributed by atoms with Crippen LogP contribution in [0, 0.1) is 0 Å². The molecule has 2 aromatic carbocycles. The maximum Gasteiger partial charge on any atom is 0.107 e. The summed E-state index contributed by atoms with van der Waals surface area (Å²) in [5.74, 6) is 5.18. The van der Waals surface area contributed by atoms with E-state index in [1.165, 1.54) is 99.7 Å². The molecule has 5 rings (SSSR count). The van der Waals surface area contributed by atoms with Crippen molar-refractivity contribution in [3.05, 3.63) is 94.4 Å². The second kappa shape index (κ2) is 11.6. The topological polar surface area (TPSA) is 13.1 Å². The molecular formula is C34H44O. The van der Waals surface area contributed by atoms with Crippen LogP contribution in [0.2, 0.25) is 0 Å². The molecule has 1 heterocycles. The summed E-state index contributed by atoms with van der Waals surface area (Å²) in [6.45, 7) is 4.51. The normalized spacial score (nSPS) is 25.0. The third kappa shape index (κ3) is 5.93. The Morgan fingerprint density at radius 1 is 0.486 bits per heavy atom. The molecule has 35 heavy (non-hydrogen) atoms. The van der Waals surface area contributed by atoms with Gasteiger partial charge in [0.15, 0.2) is 0 Å². The highest BCUT2D eigenvalue weighted by molar-refractivity contribution is 5.28. The fraction of sp³-hybridized carbons (Fsp3) is 0.529. The molecule has 1 heteroatoms. The highest BCUT2D eigenvalue weighted by Gasteiger charge is 2.28. The summed E-state index contributed by atoms with van der Waals surface area (Å²) in [7, 11) is 0. The first-order valence-electron chi connectivity index (χ1n) is 14.5. The van der Waals surface area contributed by atoms with Crippen molar-refractivity contribution in [3.8, 4) is 0 Å². The Hall–Kier alpha value is -2.28. The Labute approximate surface area is 213 Å². The van der Waals surface area contributed by atoms with E-state index in [1.807, 2.05) is 0 Å². The summed E-state index contributed by atoms with van der Waals surface area (Å²) in [4.78, 5) is 0. The number of benzene rings is 2. The standard InChI is InChI=1S/C34H44O/c1-3-5-25-7-11-27(12-8-25)29-15-19-31(20-16-29)33-23-24-34(35-33)32-21-17-30(18-22-32)28-13-9-26(6-4-2)10-14-28/h7-14,23-24,29-32H,3-6,15-22H2,1-2H3. The minimum absolute atomic E-state index is 0.609. The van der Waals surface area contributed by atoms with Gasteiger partial charge < -0.3 is 4.42 Å². The molecule has 2 fully saturated rings. The molecule has 0 spiro atoms. The first kappa shape index (κ1) is 24.4. The van der Waals surface area contributed by atoms with Crippen molar-refractivity contribution >= 4 is 0 Å². The van der Waals surface area contributed by atoms with Crippen LogP contribution in [0.15, 0.2) is 65.1 Å². The summed E-state index contributed by atoms with van der Waals surface area (Å²) in [6.07, 6.45) is 15.0. The maximum absolute atomic E-state index is 6.53. The van der Waals surface area contributed by atoms with Crippen LogP contribution in [0.5, 0.6) is 0 Å². The van der Waals surface area contributed by atoms with Crippen LogP contribution < -0.4 is 0 Å². The molecule has 186 valence electrons. The Morgan fingerprint density at radius 3 is 1.17 bits per heavy atom. The second-order valence-corrected chi connectivity index (χ2v) is 11.3. The number of furan rings is 1. The second-order valence-electron chi connectivity index (χ2n) is 11.3. The smallest absolute Gasteiger partial charge is 0.107 e. The largest absolute Gasteiger partial charge is 0.466 e. The maximum atomic E-state index is 6.53. The van der Waals surface area contributed by atoms with Crippen LogP contribution >= 0.6 is 0 Å². The van der Waals surface area contributed by atoms with Crippen LogP contribution in [0.4, 0.5) is 0 Å². The molecule has 0 amide bonds. The van der Waals surface area contributed by atoms with Gasteiger partial charge >= 0.3 is 0 Å². The lowest BCUT2D eigenvalue weighted by atomic mass is 9.77. The summed E-state index contributed by atoms with van der Waals surface area (Å²) < 4.78 is 6.53. The molecule has 1 nitrogen and oxygen atoms in total. The molecule has 0 aliphatic heterocycles. The zero-order valence-electron chi connectivity index (χ0n) is 22.0. The van der Waals surface area contributed by atoms with Gasteiger partial charge in [0.25, 0.3) is 0 Å². The van der Waals surface area contributed by atoms with Gasteiger partial charge in [-0.3, -0.25) is 0 Å². The van der Waals surface area contributed by atoms with Gasteiger partial charge in [-0.15, -0.1) is 0 Å². The fourth-order valence-electron chi connectivity index (χ4n) is 6.72. The molecule has 3 aromatic rings. The van der Waals surface area contributed by atoms with Gasteiger partial charge in [0, 0.05) is 11.8 Å². The minimum Gasteiger partial charge on any atom is -0.466 e. The molecule has 0 radical (unpaired) electrons. The molecule has 0 saturated heterocycles. The van der Waals surface area contributed by atoms with E-state index >= 15 is 0 Å². The van der Waals surface area contributed by atoms with Crippen molar-refractivity contribution in [2.24, 2.45) is 0 Å². The Bertz CT molecular complexity index is 941. The number of hydrogen-bond donors (Lipinski definition) is 0. The van der Waals surface area contributed by atoms with Crippen molar-refractivity contribution in [3.63, 3.8) is 0 Å². The molecule has 0 unspecified atom stereocenters. The summed E-state index contributed by atoms with van der Waals surface area (Å²) in [6, 6.07) is 23.5. The van der Waals surface area contributed by atoms with Gasteiger partial charge in [-0.25, -0.2) is 0 Å². The van der Waals surface area contributed by atoms with E-state index in [4.69, 9.17) is 4.42 Å². The van der Waals surface area contributed by atoms with Gasteiger partial charge in [-0.05, 0) is 110 Å². The molecule has 2 aliphatic carbocycles. The van der Waals surface area contributed by atoms with Crippen LogP contribution in [0.25, 0.3) is 0 Å². The average Bonchev–Trinajstić information content (AvgIpc) is 3.41. The van der Waals surface area contributed by atoms with Gasteiger partial charge in [0.1, 0.15) is 11.5 Å². The van der Waals surface area contributed by atoms with Crippen molar-refractivity contribution in [1.82, 2.24) is 0 Å². The number of aryl methyl sites for hydroxylation is 2. The predicted molar refractivity (Wildman–Crippen MR) is 147 cm³/mol. The van der Waals surface area contributed by atoms with E-state index in [0.29, 0.717) is 11.8 Å². The molecule has 2 saturated carbocycles. The predicted octanol–water partition coefficient (Wildman–Crippen LogP) is 10.1. The van der Waals surface area contributed by atoms with E-state index in [1.54, 1.807) is 11.1 Å². The highest BCUT2D eigenvalue weighted by Crippen LogP contribution is 2.44. The van der Waals surface area contributed by atoms with Crippen LogP contribution in [-0.4, -0.2) is 0 Å². The number of hydrogen-bond acceptors (Lipinski definition) is 1. The monoisotopic (exact) mass is 468 g/mol. The Balaban J connectivity index is 1.12. The zero-order valence-corrected chi connectivity index (χ0v) is 22.0. The first-order valence-corrected chi connectivity index (χ1v) is 14.5. The SMILES string of the molecule is CCCc1ccc(C2CCC(c3ccc(C4CCC(c5ccc(CCC)cc5)CC4)o3)CC2)cc1. The summed E-state index contributed by atoms with van der Waals surface area (Å²) >= 11 is 0. The van der Waals surface area contributed by atoms with Gasteiger partial charge in [-0.1, -0.05) is 75.2 Å². The van der Waals surface area contributed by atoms with E-state index < -0.39 is 0 Å². The van der Waals surface area contributed by atoms with Crippen LogP contribution in [0.3, 0.4) is 0 Å². The lowest BCUT2D eigenvalue weighted by Crippen LogP contribution is -2.12. The van der Waals surface area contributed by atoms with Crippen LogP contribution in [0.1, 0.15) is 136 Å². The molecule has 0 N–H and O–H groups in total. The lowest BCUT2D eigenvalue weighted by Gasteiger charge is -2.29. The van der Waals surface area contributed by atoms with Crippen molar-refractivity contribution in [2.75, 3.05) is 0 Å².